The van der Waals surface area contributed by atoms with E-state index >= 15 is 0 Å². The summed E-state index contributed by atoms with van der Waals surface area (Å²) in [7, 11) is 0. The van der Waals surface area contributed by atoms with Gasteiger partial charge in [-0.3, -0.25) is 4.79 Å². The lowest BCUT2D eigenvalue weighted by Crippen LogP contribution is -2.27. The molecule has 9 heteroatoms. The zero-order valence-electron chi connectivity index (χ0n) is 11.8. The van der Waals surface area contributed by atoms with Crippen LogP contribution in [0.2, 0.25) is 0 Å². The van der Waals surface area contributed by atoms with Gasteiger partial charge in [-0.2, -0.15) is 13.2 Å². The lowest BCUT2D eigenvalue weighted by Gasteiger charge is -2.14. The molecule has 1 aliphatic rings. The van der Waals surface area contributed by atoms with Gasteiger partial charge in [0.05, 0.1) is 17.8 Å². The fraction of sp³-hybridized carbons (Fsp3) is 0.538. The van der Waals surface area contributed by atoms with Gasteiger partial charge in [-0.1, -0.05) is 6.92 Å². The molecule has 1 fully saturated rings. The number of halogens is 4. The molecule has 2 N–H and O–H groups in total. The zero-order chi connectivity index (χ0) is 15.5. The van der Waals surface area contributed by atoms with Crippen molar-refractivity contribution in [3.05, 3.63) is 18.3 Å². The van der Waals surface area contributed by atoms with Crippen LogP contribution in [0, 0.1) is 11.8 Å². The number of ether oxygens (including phenoxy) is 1. The molecule has 5 nitrogen and oxygen atoms in total. The molecule has 1 aromatic heterocycles. The minimum Gasteiger partial charge on any atom is -0.468 e. The van der Waals surface area contributed by atoms with E-state index in [0.29, 0.717) is 12.2 Å². The monoisotopic (exact) mass is 339 g/mol. The molecule has 22 heavy (non-hydrogen) atoms. The van der Waals surface area contributed by atoms with Gasteiger partial charge in [0.1, 0.15) is 0 Å². The average Bonchev–Trinajstić information content (AvgIpc) is 2.83. The molecule has 0 aromatic carbocycles. The number of rotatable bonds is 4. The molecular weight excluding hydrogens is 323 g/mol. The van der Waals surface area contributed by atoms with E-state index in [1.807, 2.05) is 6.92 Å². The Labute approximate surface area is 132 Å². The quantitative estimate of drug-likeness (QED) is 0.883. The molecule has 2 rings (SSSR count). The Morgan fingerprint density at radius 2 is 2.18 bits per heavy atom. The van der Waals surface area contributed by atoms with Gasteiger partial charge in [-0.25, -0.2) is 4.98 Å². The minimum atomic E-state index is -4.40. The second-order valence-electron chi connectivity index (χ2n) is 5.02. The van der Waals surface area contributed by atoms with Gasteiger partial charge in [0.2, 0.25) is 11.8 Å². The Hall–Kier alpha value is -1.54. The van der Waals surface area contributed by atoms with Gasteiger partial charge >= 0.3 is 6.18 Å². The molecule has 0 spiro atoms. The van der Waals surface area contributed by atoms with Crippen molar-refractivity contribution in [1.29, 1.82) is 0 Å². The van der Waals surface area contributed by atoms with Crippen LogP contribution in [0.4, 0.5) is 18.9 Å². The predicted octanol–water partition coefficient (Wildman–Crippen LogP) is 2.24. The van der Waals surface area contributed by atoms with Crippen LogP contribution < -0.4 is 15.4 Å². The molecule has 0 saturated carbocycles. The molecule has 1 aliphatic heterocycles. The summed E-state index contributed by atoms with van der Waals surface area (Å²) in [6.45, 7) is 2.00. The summed E-state index contributed by atoms with van der Waals surface area (Å²) in [5.41, 5.74) is 0.429. The minimum absolute atomic E-state index is 0. The topological polar surface area (TPSA) is 63.2 Å². The van der Waals surface area contributed by atoms with E-state index in [1.165, 1.54) is 18.3 Å². The third kappa shape index (κ3) is 5.34. The summed E-state index contributed by atoms with van der Waals surface area (Å²) in [5, 5.41) is 5.82. The van der Waals surface area contributed by atoms with Gasteiger partial charge in [-0.15, -0.1) is 12.4 Å². The maximum atomic E-state index is 12.0. The van der Waals surface area contributed by atoms with Crippen LogP contribution in [0.1, 0.15) is 6.92 Å². The van der Waals surface area contributed by atoms with Gasteiger partial charge in [0.15, 0.2) is 6.61 Å². The summed E-state index contributed by atoms with van der Waals surface area (Å²) in [4.78, 5) is 15.7. The fourth-order valence-corrected chi connectivity index (χ4v) is 2.09. The largest absolute Gasteiger partial charge is 0.468 e. The van der Waals surface area contributed by atoms with Crippen molar-refractivity contribution in [2.45, 2.75) is 13.1 Å². The zero-order valence-corrected chi connectivity index (χ0v) is 12.6. The van der Waals surface area contributed by atoms with Crippen LogP contribution in [0.5, 0.6) is 5.88 Å². The van der Waals surface area contributed by atoms with Crippen LogP contribution in [0.25, 0.3) is 0 Å². The first kappa shape index (κ1) is 18.5. The van der Waals surface area contributed by atoms with Crippen molar-refractivity contribution in [2.24, 2.45) is 11.8 Å². The molecule has 1 saturated heterocycles. The summed E-state index contributed by atoms with van der Waals surface area (Å²) in [5.74, 6) is -0.141. The SMILES string of the molecule is C[C@@H]1CNC[C@H]1C(=O)Nc1ccc(OCC(F)(F)F)nc1.Cl. The fourth-order valence-electron chi connectivity index (χ4n) is 2.09. The highest BCUT2D eigenvalue weighted by Crippen LogP contribution is 2.20. The highest BCUT2D eigenvalue weighted by molar-refractivity contribution is 5.93. The van der Waals surface area contributed by atoms with Crippen molar-refractivity contribution in [1.82, 2.24) is 10.3 Å². The predicted molar refractivity (Wildman–Crippen MR) is 77.2 cm³/mol. The average molecular weight is 340 g/mol. The van der Waals surface area contributed by atoms with E-state index in [4.69, 9.17) is 0 Å². The lowest BCUT2D eigenvalue weighted by molar-refractivity contribution is -0.154. The van der Waals surface area contributed by atoms with Crippen molar-refractivity contribution in [3.63, 3.8) is 0 Å². The normalized spacial score (nSPS) is 21.1. The van der Waals surface area contributed by atoms with Crippen molar-refractivity contribution in [2.75, 3.05) is 25.0 Å². The number of hydrogen-bond acceptors (Lipinski definition) is 4. The molecule has 0 radical (unpaired) electrons. The number of amides is 1. The van der Waals surface area contributed by atoms with E-state index in [0.717, 1.165) is 6.54 Å². The number of carbonyl (C=O) groups excluding carboxylic acids is 1. The Morgan fingerprint density at radius 3 is 2.68 bits per heavy atom. The molecule has 124 valence electrons. The number of nitrogens with zero attached hydrogens (tertiary/aromatic N) is 1. The smallest absolute Gasteiger partial charge is 0.422 e. The number of hydrogen-bond donors (Lipinski definition) is 2. The van der Waals surface area contributed by atoms with E-state index in [-0.39, 0.29) is 36.0 Å². The summed E-state index contributed by atoms with van der Waals surface area (Å²) in [6.07, 6.45) is -3.13. The highest BCUT2D eigenvalue weighted by atomic mass is 35.5. The van der Waals surface area contributed by atoms with Gasteiger partial charge < -0.3 is 15.4 Å². The lowest BCUT2D eigenvalue weighted by atomic mass is 9.97. The molecule has 0 unspecified atom stereocenters. The number of carbonyl (C=O) groups is 1. The number of nitrogens with one attached hydrogen (secondary N) is 2. The molecule has 0 aliphatic carbocycles. The second-order valence-corrected chi connectivity index (χ2v) is 5.02. The maximum Gasteiger partial charge on any atom is 0.422 e. The summed E-state index contributed by atoms with van der Waals surface area (Å²) in [6, 6.07) is 2.75. The van der Waals surface area contributed by atoms with E-state index in [1.54, 1.807) is 0 Å². The van der Waals surface area contributed by atoms with Crippen molar-refractivity contribution >= 4 is 24.0 Å². The first-order valence-electron chi connectivity index (χ1n) is 6.52. The van der Waals surface area contributed by atoms with Crippen LogP contribution in [0.15, 0.2) is 18.3 Å². The molecule has 1 aromatic rings. The first-order chi connectivity index (χ1) is 9.85. The standard InChI is InChI=1S/C13H16F3N3O2.ClH/c1-8-4-17-6-10(8)12(20)19-9-2-3-11(18-5-9)21-7-13(14,15)16;/h2-3,5,8,10,17H,4,6-7H2,1H3,(H,19,20);1H/t8-,10-;/m1./s1. The third-order valence-electron chi connectivity index (χ3n) is 3.24. The van der Waals surface area contributed by atoms with Crippen LogP contribution >= 0.6 is 12.4 Å². The number of pyridine rings is 1. The third-order valence-corrected chi connectivity index (χ3v) is 3.24. The maximum absolute atomic E-state index is 12.0. The molecule has 1 amide bonds. The molecular formula is C13H17ClF3N3O2. The highest BCUT2D eigenvalue weighted by Gasteiger charge is 2.30. The van der Waals surface area contributed by atoms with E-state index in [2.05, 4.69) is 20.4 Å². The van der Waals surface area contributed by atoms with E-state index < -0.39 is 12.8 Å². The number of anilines is 1. The van der Waals surface area contributed by atoms with Gasteiger partial charge in [-0.05, 0) is 18.5 Å². The Balaban J connectivity index is 0.00000242. The van der Waals surface area contributed by atoms with Crippen molar-refractivity contribution < 1.29 is 22.7 Å². The molecule has 2 atom stereocenters. The molecule has 0 bridgehead atoms. The molecule has 2 heterocycles. The van der Waals surface area contributed by atoms with Crippen molar-refractivity contribution in [3.8, 4) is 5.88 Å². The Kier molecular flexibility index (Phi) is 6.43. The summed E-state index contributed by atoms with van der Waals surface area (Å²) >= 11 is 0. The van der Waals surface area contributed by atoms with E-state index in [9.17, 15) is 18.0 Å². The van der Waals surface area contributed by atoms with Crippen LogP contribution in [-0.4, -0.2) is 36.8 Å². The Morgan fingerprint density at radius 1 is 1.45 bits per heavy atom. The van der Waals surface area contributed by atoms with Gasteiger partial charge in [0, 0.05) is 12.6 Å². The Bertz CT molecular complexity index is 496. The van der Waals surface area contributed by atoms with Crippen LogP contribution in [-0.2, 0) is 4.79 Å². The number of alkyl halides is 3. The van der Waals surface area contributed by atoms with Gasteiger partial charge in [0.25, 0.3) is 0 Å². The number of aromatic nitrogens is 1. The second kappa shape index (κ2) is 7.64. The summed E-state index contributed by atoms with van der Waals surface area (Å²) < 4.78 is 40.4. The van der Waals surface area contributed by atoms with Crippen LogP contribution in [0.3, 0.4) is 0 Å². The first-order valence-corrected chi connectivity index (χ1v) is 6.52.